The number of aromatic amines is 1. The first-order chi connectivity index (χ1) is 5.95. The summed E-state index contributed by atoms with van der Waals surface area (Å²) in [6.45, 7) is 3.21. The standard InChI is InChI=1S/C8H14N4/c1-2-11-12-7(1)5-8-6-9-3-4-10-8/h1-2,8-10H,3-6H2,(H,11,12). The first-order valence-electron chi connectivity index (χ1n) is 4.37. The van der Waals surface area contributed by atoms with E-state index in [4.69, 9.17) is 0 Å². The molecule has 0 spiro atoms. The van der Waals surface area contributed by atoms with E-state index in [0.29, 0.717) is 6.04 Å². The van der Waals surface area contributed by atoms with E-state index in [2.05, 4.69) is 20.8 Å². The Hall–Kier alpha value is -0.870. The lowest BCUT2D eigenvalue weighted by atomic mass is 10.1. The fraction of sp³-hybridized carbons (Fsp3) is 0.625. The minimum atomic E-state index is 0.555. The number of nitrogens with one attached hydrogen (secondary N) is 3. The van der Waals surface area contributed by atoms with E-state index >= 15 is 0 Å². The van der Waals surface area contributed by atoms with Crippen molar-refractivity contribution < 1.29 is 0 Å². The predicted octanol–water partition coefficient (Wildman–Crippen LogP) is -0.486. The maximum absolute atomic E-state index is 3.91. The normalized spacial score (nSPS) is 24.2. The summed E-state index contributed by atoms with van der Waals surface area (Å²) in [5, 5.41) is 13.7. The van der Waals surface area contributed by atoms with Crippen LogP contribution in [-0.2, 0) is 6.42 Å². The fourth-order valence-electron chi connectivity index (χ4n) is 1.52. The number of hydrogen-bond acceptors (Lipinski definition) is 3. The SMILES string of the molecule is c1cc(CC2CNCCN2)[nH]n1. The number of nitrogens with zero attached hydrogens (tertiary/aromatic N) is 1. The molecule has 1 atom stereocenters. The van der Waals surface area contributed by atoms with Gasteiger partial charge in [0.1, 0.15) is 0 Å². The third-order valence-corrected chi connectivity index (χ3v) is 2.15. The Bertz CT molecular complexity index is 213. The Morgan fingerprint density at radius 3 is 3.17 bits per heavy atom. The van der Waals surface area contributed by atoms with Gasteiger partial charge in [0.25, 0.3) is 0 Å². The zero-order chi connectivity index (χ0) is 8.23. The highest BCUT2D eigenvalue weighted by atomic mass is 15.1. The van der Waals surface area contributed by atoms with Gasteiger partial charge in [0.05, 0.1) is 0 Å². The molecular weight excluding hydrogens is 152 g/mol. The summed E-state index contributed by atoms with van der Waals surface area (Å²) in [5.74, 6) is 0. The van der Waals surface area contributed by atoms with Crippen LogP contribution in [-0.4, -0.2) is 35.9 Å². The van der Waals surface area contributed by atoms with Gasteiger partial charge in [-0.15, -0.1) is 0 Å². The second-order valence-electron chi connectivity index (χ2n) is 3.14. The molecule has 4 nitrogen and oxygen atoms in total. The van der Waals surface area contributed by atoms with Crippen molar-refractivity contribution in [3.05, 3.63) is 18.0 Å². The van der Waals surface area contributed by atoms with Gasteiger partial charge in [-0.3, -0.25) is 5.10 Å². The van der Waals surface area contributed by atoms with E-state index in [0.717, 1.165) is 26.1 Å². The number of hydrogen-bond donors (Lipinski definition) is 3. The summed E-state index contributed by atoms with van der Waals surface area (Å²) in [4.78, 5) is 0. The topological polar surface area (TPSA) is 52.7 Å². The number of piperazine rings is 1. The largest absolute Gasteiger partial charge is 0.314 e. The van der Waals surface area contributed by atoms with E-state index in [-0.39, 0.29) is 0 Å². The van der Waals surface area contributed by atoms with Gasteiger partial charge in [0.15, 0.2) is 0 Å². The molecule has 3 N–H and O–H groups in total. The van der Waals surface area contributed by atoms with Crippen LogP contribution in [0.5, 0.6) is 0 Å². The number of rotatable bonds is 2. The Morgan fingerprint density at radius 2 is 2.50 bits per heavy atom. The Morgan fingerprint density at radius 1 is 1.50 bits per heavy atom. The Balaban J connectivity index is 1.86. The third kappa shape index (κ3) is 1.84. The maximum atomic E-state index is 3.91. The van der Waals surface area contributed by atoms with Crippen molar-refractivity contribution in [2.75, 3.05) is 19.6 Å². The van der Waals surface area contributed by atoms with Crippen molar-refractivity contribution in [1.82, 2.24) is 20.8 Å². The molecule has 0 aromatic carbocycles. The van der Waals surface area contributed by atoms with Gasteiger partial charge in [-0.1, -0.05) is 0 Å². The molecule has 1 aromatic rings. The monoisotopic (exact) mass is 166 g/mol. The molecule has 1 aliphatic heterocycles. The molecule has 0 aliphatic carbocycles. The molecule has 4 heteroatoms. The summed E-state index contributed by atoms with van der Waals surface area (Å²) in [5.41, 5.74) is 1.20. The quantitative estimate of drug-likeness (QED) is 0.556. The second-order valence-corrected chi connectivity index (χ2v) is 3.14. The van der Waals surface area contributed by atoms with Gasteiger partial charge < -0.3 is 10.6 Å². The van der Waals surface area contributed by atoms with Gasteiger partial charge in [-0.05, 0) is 6.07 Å². The van der Waals surface area contributed by atoms with Gasteiger partial charge in [0, 0.05) is 44.0 Å². The van der Waals surface area contributed by atoms with Crippen molar-refractivity contribution in [3.8, 4) is 0 Å². The van der Waals surface area contributed by atoms with Crippen molar-refractivity contribution >= 4 is 0 Å². The molecule has 66 valence electrons. The van der Waals surface area contributed by atoms with E-state index in [1.54, 1.807) is 6.20 Å². The van der Waals surface area contributed by atoms with Crippen LogP contribution < -0.4 is 10.6 Å². The third-order valence-electron chi connectivity index (χ3n) is 2.15. The van der Waals surface area contributed by atoms with Crippen LogP contribution in [0.1, 0.15) is 5.69 Å². The van der Waals surface area contributed by atoms with Crippen LogP contribution in [0.25, 0.3) is 0 Å². The van der Waals surface area contributed by atoms with Crippen LogP contribution >= 0.6 is 0 Å². The molecule has 0 radical (unpaired) electrons. The van der Waals surface area contributed by atoms with Crippen LogP contribution in [0.3, 0.4) is 0 Å². The average Bonchev–Trinajstić information content (AvgIpc) is 2.59. The van der Waals surface area contributed by atoms with Crippen LogP contribution in [0, 0.1) is 0 Å². The second kappa shape index (κ2) is 3.69. The zero-order valence-electron chi connectivity index (χ0n) is 7.01. The Kier molecular flexibility index (Phi) is 2.39. The first-order valence-corrected chi connectivity index (χ1v) is 4.37. The van der Waals surface area contributed by atoms with Gasteiger partial charge in [-0.2, -0.15) is 5.10 Å². The van der Waals surface area contributed by atoms with Crippen LogP contribution in [0.4, 0.5) is 0 Å². The van der Waals surface area contributed by atoms with Gasteiger partial charge in [-0.25, -0.2) is 0 Å². The van der Waals surface area contributed by atoms with E-state index in [1.807, 2.05) is 6.07 Å². The summed E-state index contributed by atoms with van der Waals surface area (Å²) >= 11 is 0. The van der Waals surface area contributed by atoms with E-state index in [1.165, 1.54) is 5.69 Å². The molecular formula is C8H14N4. The molecule has 1 aromatic heterocycles. The fourth-order valence-corrected chi connectivity index (χ4v) is 1.52. The van der Waals surface area contributed by atoms with E-state index < -0.39 is 0 Å². The van der Waals surface area contributed by atoms with Crippen molar-refractivity contribution in [2.45, 2.75) is 12.5 Å². The molecule has 1 aliphatic rings. The van der Waals surface area contributed by atoms with Gasteiger partial charge >= 0.3 is 0 Å². The molecule has 0 saturated carbocycles. The highest BCUT2D eigenvalue weighted by Crippen LogP contribution is 1.99. The predicted molar refractivity (Wildman–Crippen MR) is 47.0 cm³/mol. The molecule has 1 fully saturated rings. The van der Waals surface area contributed by atoms with Crippen LogP contribution in [0.2, 0.25) is 0 Å². The van der Waals surface area contributed by atoms with Gasteiger partial charge in [0.2, 0.25) is 0 Å². The molecule has 2 heterocycles. The first kappa shape index (κ1) is 7.76. The van der Waals surface area contributed by atoms with Crippen molar-refractivity contribution in [3.63, 3.8) is 0 Å². The van der Waals surface area contributed by atoms with Crippen molar-refractivity contribution in [2.24, 2.45) is 0 Å². The van der Waals surface area contributed by atoms with Crippen molar-refractivity contribution in [1.29, 1.82) is 0 Å². The molecule has 0 amide bonds. The number of aromatic nitrogens is 2. The Labute approximate surface area is 71.7 Å². The lowest BCUT2D eigenvalue weighted by Gasteiger charge is -2.23. The molecule has 0 bridgehead atoms. The highest BCUT2D eigenvalue weighted by Gasteiger charge is 2.12. The summed E-state index contributed by atoms with van der Waals surface area (Å²) in [7, 11) is 0. The molecule has 12 heavy (non-hydrogen) atoms. The maximum Gasteiger partial charge on any atom is 0.0490 e. The molecule has 1 saturated heterocycles. The molecule has 2 rings (SSSR count). The summed E-state index contributed by atoms with van der Waals surface area (Å²) < 4.78 is 0. The minimum Gasteiger partial charge on any atom is -0.314 e. The molecule has 1 unspecified atom stereocenters. The summed E-state index contributed by atoms with van der Waals surface area (Å²) in [6.07, 6.45) is 2.83. The highest BCUT2D eigenvalue weighted by molar-refractivity contribution is 5.01. The van der Waals surface area contributed by atoms with Crippen LogP contribution in [0.15, 0.2) is 12.3 Å². The lowest BCUT2D eigenvalue weighted by molar-refractivity contribution is 0.414. The van der Waals surface area contributed by atoms with E-state index in [9.17, 15) is 0 Å². The number of H-pyrrole nitrogens is 1. The average molecular weight is 166 g/mol. The lowest BCUT2D eigenvalue weighted by Crippen LogP contribution is -2.49. The zero-order valence-corrected chi connectivity index (χ0v) is 7.01. The minimum absolute atomic E-state index is 0.555. The smallest absolute Gasteiger partial charge is 0.0490 e. The summed E-state index contributed by atoms with van der Waals surface area (Å²) in [6, 6.07) is 2.58.